The molecule has 2 amide bonds. The fourth-order valence-electron chi connectivity index (χ4n) is 2.60. The number of methoxy groups -OCH3 is 1. The maximum Gasteiger partial charge on any atom is 0.262 e. The average molecular weight is 326 g/mol. The van der Waals surface area contributed by atoms with Crippen molar-refractivity contribution in [3.63, 3.8) is 0 Å². The molecule has 0 spiro atoms. The maximum atomic E-state index is 12.4. The molecule has 0 aromatic heterocycles. The molecule has 3 rings (SSSR count). The highest BCUT2D eigenvalue weighted by Gasteiger charge is 2.22. The molecule has 1 aliphatic heterocycles. The van der Waals surface area contributed by atoms with E-state index in [1.165, 1.54) is 0 Å². The van der Waals surface area contributed by atoms with Gasteiger partial charge in [-0.3, -0.25) is 9.59 Å². The Morgan fingerprint density at radius 1 is 1.25 bits per heavy atom. The fraction of sp³-hybridized carbons (Fsp3) is 0.222. The van der Waals surface area contributed by atoms with Gasteiger partial charge in [-0.2, -0.15) is 0 Å². The quantitative estimate of drug-likeness (QED) is 0.881. The van der Waals surface area contributed by atoms with Crippen LogP contribution in [0.2, 0.25) is 0 Å². The molecule has 0 saturated carbocycles. The number of para-hydroxylation sites is 2. The molecule has 0 fully saturated rings. The van der Waals surface area contributed by atoms with E-state index in [2.05, 4.69) is 10.6 Å². The second-order valence-corrected chi connectivity index (χ2v) is 5.33. The van der Waals surface area contributed by atoms with Crippen molar-refractivity contribution in [1.82, 2.24) is 5.32 Å². The molecule has 2 aromatic rings. The lowest BCUT2D eigenvalue weighted by atomic mass is 10.1. The third-order valence-electron chi connectivity index (χ3n) is 3.77. The summed E-state index contributed by atoms with van der Waals surface area (Å²) in [4.78, 5) is 23.9. The number of rotatable bonds is 5. The van der Waals surface area contributed by atoms with E-state index in [0.29, 0.717) is 30.0 Å². The lowest BCUT2D eigenvalue weighted by Crippen LogP contribution is -2.30. The Hall–Kier alpha value is -3.02. The number of carbonyl (C=O) groups is 2. The summed E-state index contributed by atoms with van der Waals surface area (Å²) in [5.74, 6) is 0.779. The summed E-state index contributed by atoms with van der Waals surface area (Å²) in [6, 6.07) is 12.8. The number of hydrogen-bond donors (Lipinski definition) is 2. The number of amides is 2. The molecule has 6 nitrogen and oxygen atoms in total. The first-order chi connectivity index (χ1) is 11.7. The minimum atomic E-state index is -0.267. The molecule has 124 valence electrons. The zero-order valence-electron chi connectivity index (χ0n) is 13.3. The van der Waals surface area contributed by atoms with E-state index >= 15 is 0 Å². The van der Waals surface area contributed by atoms with Crippen LogP contribution in [0.15, 0.2) is 42.5 Å². The van der Waals surface area contributed by atoms with Gasteiger partial charge >= 0.3 is 0 Å². The van der Waals surface area contributed by atoms with Crippen LogP contribution in [-0.2, 0) is 11.2 Å². The summed E-state index contributed by atoms with van der Waals surface area (Å²) in [7, 11) is 1.62. The molecule has 2 N–H and O–H groups in total. The standard InChI is InChI=1S/C18H18N2O4/c1-23-14-7-3-2-5-12(14)9-10-19-18(22)13-6-4-8-15-17(13)20-16(21)11-24-15/h2-8H,9-11H2,1H3,(H,19,22)(H,20,21). The van der Waals surface area contributed by atoms with E-state index in [9.17, 15) is 9.59 Å². The first kappa shape index (κ1) is 15.9. The molecule has 0 aliphatic carbocycles. The third kappa shape index (κ3) is 3.32. The molecule has 0 unspecified atom stereocenters. The van der Waals surface area contributed by atoms with Gasteiger partial charge in [-0.05, 0) is 30.2 Å². The summed E-state index contributed by atoms with van der Waals surface area (Å²) in [5.41, 5.74) is 1.83. The summed E-state index contributed by atoms with van der Waals surface area (Å²) in [5, 5.41) is 5.55. The summed E-state index contributed by atoms with van der Waals surface area (Å²) in [6.45, 7) is 0.420. The number of nitrogens with one attached hydrogen (secondary N) is 2. The van der Waals surface area contributed by atoms with Gasteiger partial charge in [-0.25, -0.2) is 0 Å². The average Bonchev–Trinajstić information content (AvgIpc) is 2.61. The second kappa shape index (κ2) is 7.04. The van der Waals surface area contributed by atoms with Crippen molar-refractivity contribution in [1.29, 1.82) is 0 Å². The number of carbonyl (C=O) groups excluding carboxylic acids is 2. The van der Waals surface area contributed by atoms with Crippen LogP contribution in [0.3, 0.4) is 0 Å². The number of fused-ring (bicyclic) bond motifs is 1. The Morgan fingerprint density at radius 3 is 2.92 bits per heavy atom. The van der Waals surface area contributed by atoms with E-state index in [0.717, 1.165) is 11.3 Å². The van der Waals surface area contributed by atoms with Crippen molar-refractivity contribution in [2.45, 2.75) is 6.42 Å². The molecule has 1 aliphatic rings. The SMILES string of the molecule is COc1ccccc1CCNC(=O)c1cccc2c1NC(=O)CO2. The van der Waals surface area contributed by atoms with Crippen molar-refractivity contribution in [2.24, 2.45) is 0 Å². The number of ether oxygens (including phenoxy) is 2. The van der Waals surface area contributed by atoms with Gasteiger partial charge in [0.2, 0.25) is 0 Å². The Bertz CT molecular complexity index is 773. The number of hydrogen-bond acceptors (Lipinski definition) is 4. The molecule has 1 heterocycles. The van der Waals surface area contributed by atoms with E-state index < -0.39 is 0 Å². The highest BCUT2D eigenvalue weighted by molar-refractivity contribution is 6.06. The largest absolute Gasteiger partial charge is 0.496 e. The summed E-state index contributed by atoms with van der Waals surface area (Å²) < 4.78 is 10.6. The van der Waals surface area contributed by atoms with Crippen molar-refractivity contribution in [2.75, 3.05) is 25.6 Å². The smallest absolute Gasteiger partial charge is 0.262 e. The van der Waals surface area contributed by atoms with E-state index in [-0.39, 0.29) is 18.4 Å². The lowest BCUT2D eigenvalue weighted by molar-refractivity contribution is -0.118. The first-order valence-corrected chi connectivity index (χ1v) is 7.65. The minimum absolute atomic E-state index is 0.0358. The monoisotopic (exact) mass is 326 g/mol. The van der Waals surface area contributed by atoms with Crippen LogP contribution < -0.4 is 20.1 Å². The van der Waals surface area contributed by atoms with Gasteiger partial charge in [0.05, 0.1) is 18.4 Å². The number of anilines is 1. The maximum absolute atomic E-state index is 12.4. The second-order valence-electron chi connectivity index (χ2n) is 5.33. The lowest BCUT2D eigenvalue weighted by Gasteiger charge is -2.20. The van der Waals surface area contributed by atoms with Crippen molar-refractivity contribution < 1.29 is 19.1 Å². The van der Waals surface area contributed by atoms with E-state index in [1.807, 2.05) is 24.3 Å². The fourth-order valence-corrected chi connectivity index (χ4v) is 2.60. The van der Waals surface area contributed by atoms with Crippen LogP contribution in [0, 0.1) is 0 Å². The third-order valence-corrected chi connectivity index (χ3v) is 3.77. The Morgan fingerprint density at radius 2 is 2.08 bits per heavy atom. The van der Waals surface area contributed by atoms with Gasteiger partial charge < -0.3 is 20.1 Å². The van der Waals surface area contributed by atoms with Crippen LogP contribution in [0.25, 0.3) is 0 Å². The highest BCUT2D eigenvalue weighted by atomic mass is 16.5. The molecule has 0 radical (unpaired) electrons. The highest BCUT2D eigenvalue weighted by Crippen LogP contribution is 2.31. The van der Waals surface area contributed by atoms with Crippen molar-refractivity contribution in [3.8, 4) is 11.5 Å². The summed E-state index contributed by atoms with van der Waals surface area (Å²) in [6.07, 6.45) is 0.646. The van der Waals surface area contributed by atoms with Gasteiger partial charge in [0.15, 0.2) is 6.61 Å². The predicted molar refractivity (Wildman–Crippen MR) is 89.6 cm³/mol. The molecule has 6 heteroatoms. The van der Waals surface area contributed by atoms with Gasteiger partial charge in [0, 0.05) is 6.54 Å². The van der Waals surface area contributed by atoms with Gasteiger partial charge in [0.1, 0.15) is 11.5 Å². The zero-order valence-corrected chi connectivity index (χ0v) is 13.3. The Kier molecular flexibility index (Phi) is 4.65. The molecular formula is C18H18N2O4. The summed E-state index contributed by atoms with van der Waals surface area (Å²) >= 11 is 0. The van der Waals surface area contributed by atoms with Crippen LogP contribution in [-0.4, -0.2) is 32.1 Å². The van der Waals surface area contributed by atoms with E-state index in [4.69, 9.17) is 9.47 Å². The van der Waals surface area contributed by atoms with Crippen LogP contribution >= 0.6 is 0 Å². The van der Waals surface area contributed by atoms with Crippen LogP contribution in [0.4, 0.5) is 5.69 Å². The predicted octanol–water partition coefficient (Wildman–Crippen LogP) is 2.00. The van der Waals surface area contributed by atoms with Gasteiger partial charge in [-0.15, -0.1) is 0 Å². The van der Waals surface area contributed by atoms with Gasteiger partial charge in [-0.1, -0.05) is 24.3 Å². The first-order valence-electron chi connectivity index (χ1n) is 7.65. The Labute approximate surface area is 139 Å². The molecule has 0 saturated heterocycles. The van der Waals surface area contributed by atoms with Crippen molar-refractivity contribution in [3.05, 3.63) is 53.6 Å². The van der Waals surface area contributed by atoms with E-state index in [1.54, 1.807) is 25.3 Å². The normalized spacial score (nSPS) is 12.6. The molecule has 0 atom stereocenters. The van der Waals surface area contributed by atoms with Crippen LogP contribution in [0.5, 0.6) is 11.5 Å². The molecule has 2 aromatic carbocycles. The molecular weight excluding hydrogens is 308 g/mol. The zero-order chi connectivity index (χ0) is 16.9. The molecule has 0 bridgehead atoms. The van der Waals surface area contributed by atoms with Crippen LogP contribution in [0.1, 0.15) is 15.9 Å². The minimum Gasteiger partial charge on any atom is -0.496 e. The topological polar surface area (TPSA) is 76.7 Å². The number of benzene rings is 2. The van der Waals surface area contributed by atoms with Crippen molar-refractivity contribution >= 4 is 17.5 Å². The Balaban J connectivity index is 1.67. The van der Waals surface area contributed by atoms with Gasteiger partial charge in [0.25, 0.3) is 11.8 Å². The molecule has 24 heavy (non-hydrogen) atoms.